The molecule has 126 valence electrons. The number of rotatable bonds is 2. The van der Waals surface area contributed by atoms with E-state index >= 15 is 0 Å². The molecule has 0 radical (unpaired) electrons. The van der Waals surface area contributed by atoms with E-state index in [1.54, 1.807) is 19.1 Å². The number of anilines is 1. The Morgan fingerprint density at radius 3 is 2.70 bits per heavy atom. The van der Waals surface area contributed by atoms with Crippen LogP contribution in [0.5, 0.6) is 0 Å². The van der Waals surface area contributed by atoms with Crippen molar-refractivity contribution in [3.8, 4) is 0 Å². The average molecular weight is 322 g/mol. The summed E-state index contributed by atoms with van der Waals surface area (Å²) < 4.78 is 5.85. The van der Waals surface area contributed by atoms with E-state index in [0.717, 1.165) is 0 Å². The zero-order chi connectivity index (χ0) is 16.7. The molecule has 2 aliphatic heterocycles. The fraction of sp³-hybridized carbons (Fsp3) is 0.625. The normalized spacial score (nSPS) is 30.4. The van der Waals surface area contributed by atoms with Gasteiger partial charge < -0.3 is 25.0 Å². The van der Waals surface area contributed by atoms with E-state index in [9.17, 15) is 15.0 Å². The van der Waals surface area contributed by atoms with Crippen molar-refractivity contribution in [2.45, 2.75) is 43.5 Å². The standard InChI is InChI=1S/C16H22N2O5/c1-15(22)7-10-23-16(14(15)21)5-8-18(9-6-16)12-4-2-3-11(17-12)13(19)20/h2-4,14,21-22H,5-10H2,1H3,(H,19,20)/t14-,15+/m0/s1. The minimum atomic E-state index is -1.14. The summed E-state index contributed by atoms with van der Waals surface area (Å²) in [5, 5.41) is 29.9. The van der Waals surface area contributed by atoms with Crippen LogP contribution in [0.15, 0.2) is 18.2 Å². The molecule has 23 heavy (non-hydrogen) atoms. The molecular weight excluding hydrogens is 300 g/mol. The molecule has 3 N–H and O–H groups in total. The van der Waals surface area contributed by atoms with Gasteiger partial charge in [-0.3, -0.25) is 0 Å². The number of aliphatic hydroxyl groups excluding tert-OH is 1. The Hall–Kier alpha value is -1.70. The third-order valence-electron chi connectivity index (χ3n) is 4.97. The molecule has 7 heteroatoms. The number of aliphatic hydroxyl groups is 2. The van der Waals surface area contributed by atoms with Crippen LogP contribution in [-0.4, -0.2) is 63.3 Å². The fourth-order valence-corrected chi connectivity index (χ4v) is 3.49. The number of carboxylic acid groups (broad SMARTS) is 1. The quantitative estimate of drug-likeness (QED) is 0.734. The minimum absolute atomic E-state index is 0.0136. The zero-order valence-electron chi connectivity index (χ0n) is 13.1. The van der Waals surface area contributed by atoms with Gasteiger partial charge in [-0.1, -0.05) is 6.07 Å². The van der Waals surface area contributed by atoms with Gasteiger partial charge in [-0.25, -0.2) is 9.78 Å². The summed E-state index contributed by atoms with van der Waals surface area (Å²) in [5.74, 6) is -0.445. The van der Waals surface area contributed by atoms with Gasteiger partial charge in [0.25, 0.3) is 0 Å². The topological polar surface area (TPSA) is 103 Å². The lowest BCUT2D eigenvalue weighted by atomic mass is 9.75. The highest BCUT2D eigenvalue weighted by molar-refractivity contribution is 5.85. The van der Waals surface area contributed by atoms with Gasteiger partial charge in [0.05, 0.1) is 12.2 Å². The summed E-state index contributed by atoms with van der Waals surface area (Å²) in [7, 11) is 0. The molecule has 1 aromatic rings. The highest BCUT2D eigenvalue weighted by atomic mass is 16.5. The molecule has 3 rings (SSSR count). The summed E-state index contributed by atoms with van der Waals surface area (Å²) in [4.78, 5) is 17.2. The molecule has 2 aliphatic rings. The second-order valence-corrected chi connectivity index (χ2v) is 6.60. The van der Waals surface area contributed by atoms with Crippen molar-refractivity contribution in [2.75, 3.05) is 24.6 Å². The van der Waals surface area contributed by atoms with Crippen LogP contribution >= 0.6 is 0 Å². The van der Waals surface area contributed by atoms with E-state index in [-0.39, 0.29) is 5.69 Å². The van der Waals surface area contributed by atoms with Crippen molar-refractivity contribution < 1.29 is 24.9 Å². The van der Waals surface area contributed by atoms with Gasteiger partial charge in [-0.15, -0.1) is 0 Å². The Morgan fingerprint density at radius 2 is 2.04 bits per heavy atom. The van der Waals surface area contributed by atoms with E-state index < -0.39 is 23.3 Å². The smallest absolute Gasteiger partial charge is 0.354 e. The largest absolute Gasteiger partial charge is 0.477 e. The summed E-state index contributed by atoms with van der Waals surface area (Å²) in [5.41, 5.74) is -1.86. The maximum atomic E-state index is 11.0. The van der Waals surface area contributed by atoms with Crippen LogP contribution in [0.1, 0.15) is 36.7 Å². The van der Waals surface area contributed by atoms with Crippen molar-refractivity contribution in [3.63, 3.8) is 0 Å². The summed E-state index contributed by atoms with van der Waals surface area (Å²) in [6.07, 6.45) is 0.609. The first kappa shape index (κ1) is 16.2. The number of aromatic carboxylic acids is 1. The maximum absolute atomic E-state index is 11.0. The molecule has 7 nitrogen and oxygen atoms in total. The predicted molar refractivity (Wildman–Crippen MR) is 82.6 cm³/mol. The molecule has 0 unspecified atom stereocenters. The molecule has 2 saturated heterocycles. The third kappa shape index (κ3) is 2.91. The van der Waals surface area contributed by atoms with Crippen molar-refractivity contribution in [1.29, 1.82) is 0 Å². The van der Waals surface area contributed by atoms with Crippen LogP contribution in [-0.2, 0) is 4.74 Å². The Morgan fingerprint density at radius 1 is 1.35 bits per heavy atom. The average Bonchev–Trinajstić information content (AvgIpc) is 2.53. The Kier molecular flexibility index (Phi) is 4.03. The summed E-state index contributed by atoms with van der Waals surface area (Å²) in [6.45, 7) is 3.25. The lowest BCUT2D eigenvalue weighted by Crippen LogP contribution is -2.64. The van der Waals surface area contributed by atoms with Gasteiger partial charge in [-0.2, -0.15) is 0 Å². The number of aromatic nitrogens is 1. The van der Waals surface area contributed by atoms with Crippen molar-refractivity contribution >= 4 is 11.8 Å². The van der Waals surface area contributed by atoms with Gasteiger partial charge in [0.15, 0.2) is 5.69 Å². The molecule has 1 spiro atoms. The monoisotopic (exact) mass is 322 g/mol. The maximum Gasteiger partial charge on any atom is 0.354 e. The first-order chi connectivity index (χ1) is 10.8. The molecule has 2 atom stereocenters. The number of nitrogens with zero attached hydrogens (tertiary/aromatic N) is 2. The second kappa shape index (κ2) is 5.74. The van der Waals surface area contributed by atoms with Gasteiger partial charge >= 0.3 is 5.97 Å². The van der Waals surface area contributed by atoms with Crippen molar-refractivity contribution in [2.24, 2.45) is 0 Å². The molecule has 2 fully saturated rings. The van der Waals surface area contributed by atoms with Crippen molar-refractivity contribution in [3.05, 3.63) is 23.9 Å². The molecular formula is C16H22N2O5. The number of carboxylic acids is 1. The van der Waals surface area contributed by atoms with Crippen LogP contribution in [0.4, 0.5) is 5.82 Å². The number of hydrogen-bond donors (Lipinski definition) is 3. The van der Waals surface area contributed by atoms with Crippen LogP contribution in [0, 0.1) is 0 Å². The van der Waals surface area contributed by atoms with Gasteiger partial charge in [0.2, 0.25) is 0 Å². The summed E-state index contributed by atoms with van der Waals surface area (Å²) in [6, 6.07) is 4.91. The summed E-state index contributed by atoms with van der Waals surface area (Å²) >= 11 is 0. The third-order valence-corrected chi connectivity index (χ3v) is 4.97. The van der Waals surface area contributed by atoms with Crippen LogP contribution < -0.4 is 4.90 Å². The van der Waals surface area contributed by atoms with E-state index in [4.69, 9.17) is 9.84 Å². The minimum Gasteiger partial charge on any atom is -0.477 e. The van der Waals surface area contributed by atoms with Crippen LogP contribution in [0.3, 0.4) is 0 Å². The van der Waals surface area contributed by atoms with Gasteiger partial charge in [0, 0.05) is 19.5 Å². The Labute approximate surface area is 134 Å². The number of carbonyl (C=O) groups is 1. The SMILES string of the molecule is C[C@@]1(O)CCOC2(CCN(c3cccc(C(=O)O)n3)CC2)[C@H]1O. The molecule has 0 bridgehead atoms. The van der Waals surface area contributed by atoms with E-state index in [2.05, 4.69) is 4.98 Å². The molecule has 0 amide bonds. The molecule has 0 saturated carbocycles. The van der Waals surface area contributed by atoms with Gasteiger partial charge in [0.1, 0.15) is 17.5 Å². The molecule has 1 aromatic heterocycles. The molecule has 3 heterocycles. The first-order valence-corrected chi connectivity index (χ1v) is 7.84. The Bertz CT molecular complexity index is 596. The molecule has 0 aliphatic carbocycles. The van der Waals surface area contributed by atoms with Crippen molar-refractivity contribution in [1.82, 2.24) is 4.98 Å². The first-order valence-electron chi connectivity index (χ1n) is 7.84. The number of hydrogen-bond acceptors (Lipinski definition) is 6. The predicted octanol–water partition coefficient (Wildman–Crippen LogP) is 0.651. The fourth-order valence-electron chi connectivity index (χ4n) is 3.49. The number of pyridine rings is 1. The number of ether oxygens (including phenoxy) is 1. The van der Waals surface area contributed by atoms with E-state index in [0.29, 0.717) is 44.8 Å². The highest BCUT2D eigenvalue weighted by Gasteiger charge is 2.52. The second-order valence-electron chi connectivity index (χ2n) is 6.60. The van der Waals surface area contributed by atoms with Crippen LogP contribution in [0.25, 0.3) is 0 Å². The lowest BCUT2D eigenvalue weighted by molar-refractivity contribution is -0.239. The lowest BCUT2D eigenvalue weighted by Gasteiger charge is -2.51. The van der Waals surface area contributed by atoms with E-state index in [1.165, 1.54) is 6.07 Å². The van der Waals surface area contributed by atoms with E-state index in [1.807, 2.05) is 4.90 Å². The zero-order valence-corrected chi connectivity index (χ0v) is 13.1. The van der Waals surface area contributed by atoms with Crippen LogP contribution in [0.2, 0.25) is 0 Å². The number of piperidine rings is 1. The highest BCUT2D eigenvalue weighted by Crippen LogP contribution is 2.40. The Balaban J connectivity index is 1.73. The molecule has 0 aromatic carbocycles. The van der Waals surface area contributed by atoms with Gasteiger partial charge in [-0.05, 0) is 31.9 Å².